The number of Topliss-reactive ketones (excluding diaryl/α,β-unsaturated/α-hetero) is 1. The van der Waals surface area contributed by atoms with Gasteiger partial charge in [0.1, 0.15) is 11.6 Å². The summed E-state index contributed by atoms with van der Waals surface area (Å²) in [7, 11) is 3.39. The van der Waals surface area contributed by atoms with Crippen LogP contribution in [0.15, 0.2) is 36.0 Å². The molecule has 0 spiro atoms. The van der Waals surface area contributed by atoms with Crippen LogP contribution in [0.1, 0.15) is 10.4 Å². The van der Waals surface area contributed by atoms with Gasteiger partial charge in [0.15, 0.2) is 0 Å². The number of rotatable bonds is 4. The molecule has 0 aliphatic rings. The molecule has 0 aliphatic heterocycles. The molecule has 0 fully saturated rings. The van der Waals surface area contributed by atoms with Crippen LogP contribution in [-0.2, 0) is 0 Å². The second kappa shape index (κ2) is 5.59. The van der Waals surface area contributed by atoms with Crippen LogP contribution in [0.25, 0.3) is 0 Å². The van der Waals surface area contributed by atoms with Crippen molar-refractivity contribution in [2.45, 2.75) is 0 Å². The van der Waals surface area contributed by atoms with E-state index in [0.717, 1.165) is 0 Å². The molecule has 18 heavy (non-hydrogen) atoms. The van der Waals surface area contributed by atoms with Crippen molar-refractivity contribution in [2.75, 3.05) is 14.1 Å². The number of non-ortho nitro benzene ring substituents is 1. The number of carbonyl (C=O) groups is 1. The first-order chi connectivity index (χ1) is 8.45. The lowest BCUT2D eigenvalue weighted by Gasteiger charge is -2.05. The number of nitriles is 1. The van der Waals surface area contributed by atoms with Gasteiger partial charge in [-0.2, -0.15) is 5.26 Å². The molecule has 6 nitrogen and oxygen atoms in total. The Morgan fingerprint density at radius 3 is 2.33 bits per heavy atom. The predicted octanol–water partition coefficient (Wildman–Crippen LogP) is 1.75. The van der Waals surface area contributed by atoms with Crippen LogP contribution in [0, 0.1) is 21.4 Å². The number of ketones is 1. The van der Waals surface area contributed by atoms with Crippen LogP contribution in [0.5, 0.6) is 0 Å². The summed E-state index contributed by atoms with van der Waals surface area (Å²) in [6.45, 7) is 0. The van der Waals surface area contributed by atoms with Crippen molar-refractivity contribution >= 4 is 11.5 Å². The molecule has 0 saturated carbocycles. The zero-order valence-corrected chi connectivity index (χ0v) is 9.95. The minimum absolute atomic E-state index is 0.0196. The van der Waals surface area contributed by atoms with Crippen molar-refractivity contribution in [1.82, 2.24) is 4.90 Å². The quantitative estimate of drug-likeness (QED) is 0.265. The van der Waals surface area contributed by atoms with Gasteiger partial charge in [0, 0.05) is 38.0 Å². The summed E-state index contributed by atoms with van der Waals surface area (Å²) in [5, 5.41) is 19.3. The molecule has 0 radical (unpaired) electrons. The first-order valence-corrected chi connectivity index (χ1v) is 5.03. The molecule has 0 amide bonds. The monoisotopic (exact) mass is 245 g/mol. The molecule has 0 unspecified atom stereocenters. The zero-order valence-electron chi connectivity index (χ0n) is 9.95. The summed E-state index contributed by atoms with van der Waals surface area (Å²) in [5.41, 5.74) is 0.130. The van der Waals surface area contributed by atoms with E-state index in [0.29, 0.717) is 0 Å². The normalized spacial score (nSPS) is 10.6. The molecule has 0 heterocycles. The molecule has 6 heteroatoms. The third-order valence-electron chi connectivity index (χ3n) is 2.09. The SMILES string of the molecule is CN(C)/C=C(/C#N)C(=O)c1ccc([N+](=O)[O-])cc1. The number of hydrogen-bond donors (Lipinski definition) is 0. The van der Waals surface area contributed by atoms with E-state index >= 15 is 0 Å². The van der Waals surface area contributed by atoms with Crippen LogP contribution in [-0.4, -0.2) is 29.7 Å². The molecular formula is C12H11N3O3. The first kappa shape index (κ1) is 13.4. The lowest BCUT2D eigenvalue weighted by atomic mass is 10.0. The number of nitrogens with zero attached hydrogens (tertiary/aromatic N) is 3. The van der Waals surface area contributed by atoms with E-state index in [2.05, 4.69) is 0 Å². The number of carbonyl (C=O) groups excluding carboxylic acids is 1. The maximum atomic E-state index is 11.9. The van der Waals surface area contributed by atoms with Gasteiger partial charge in [0.2, 0.25) is 5.78 Å². The van der Waals surface area contributed by atoms with Crippen LogP contribution < -0.4 is 0 Å². The van der Waals surface area contributed by atoms with Gasteiger partial charge in [-0.15, -0.1) is 0 Å². The van der Waals surface area contributed by atoms with Gasteiger partial charge in [0.25, 0.3) is 5.69 Å². The first-order valence-electron chi connectivity index (χ1n) is 5.03. The van der Waals surface area contributed by atoms with Crippen molar-refractivity contribution in [3.63, 3.8) is 0 Å². The summed E-state index contributed by atoms with van der Waals surface area (Å²) < 4.78 is 0. The topological polar surface area (TPSA) is 87.2 Å². The highest BCUT2D eigenvalue weighted by molar-refractivity contribution is 6.11. The summed E-state index contributed by atoms with van der Waals surface area (Å²) >= 11 is 0. The van der Waals surface area contributed by atoms with E-state index in [4.69, 9.17) is 5.26 Å². The molecule has 1 aromatic rings. The van der Waals surface area contributed by atoms with Crippen LogP contribution >= 0.6 is 0 Å². The van der Waals surface area contributed by atoms with E-state index in [1.165, 1.54) is 30.5 Å². The third kappa shape index (κ3) is 3.15. The Balaban J connectivity index is 3.04. The number of benzene rings is 1. The summed E-state index contributed by atoms with van der Waals surface area (Å²) in [4.78, 5) is 23.4. The molecule has 92 valence electrons. The lowest BCUT2D eigenvalue weighted by molar-refractivity contribution is -0.384. The van der Waals surface area contributed by atoms with Gasteiger partial charge in [0.05, 0.1) is 4.92 Å². The molecular weight excluding hydrogens is 234 g/mol. The van der Waals surface area contributed by atoms with Gasteiger partial charge in [-0.25, -0.2) is 0 Å². The van der Waals surface area contributed by atoms with E-state index in [-0.39, 0.29) is 16.8 Å². The van der Waals surface area contributed by atoms with Gasteiger partial charge >= 0.3 is 0 Å². The van der Waals surface area contributed by atoms with Gasteiger partial charge < -0.3 is 4.90 Å². The average Bonchev–Trinajstić information content (AvgIpc) is 2.35. The second-order valence-electron chi connectivity index (χ2n) is 3.75. The molecule has 1 aromatic carbocycles. The van der Waals surface area contributed by atoms with Gasteiger partial charge in [-0.3, -0.25) is 14.9 Å². The fourth-order valence-electron chi connectivity index (χ4n) is 1.29. The highest BCUT2D eigenvalue weighted by atomic mass is 16.6. The highest BCUT2D eigenvalue weighted by Crippen LogP contribution is 2.14. The summed E-state index contributed by atoms with van der Waals surface area (Å²) in [6.07, 6.45) is 1.41. The Morgan fingerprint density at radius 2 is 1.94 bits per heavy atom. The Morgan fingerprint density at radius 1 is 1.39 bits per heavy atom. The van der Waals surface area contributed by atoms with Crippen LogP contribution in [0.4, 0.5) is 5.69 Å². The van der Waals surface area contributed by atoms with Crippen LogP contribution in [0.2, 0.25) is 0 Å². The van der Waals surface area contributed by atoms with E-state index in [9.17, 15) is 14.9 Å². The van der Waals surface area contributed by atoms with Crippen molar-refractivity contribution in [3.8, 4) is 6.07 Å². The smallest absolute Gasteiger partial charge is 0.269 e. The molecule has 0 saturated heterocycles. The Bertz CT molecular complexity index is 539. The van der Waals surface area contributed by atoms with Crippen LogP contribution in [0.3, 0.4) is 0 Å². The highest BCUT2D eigenvalue weighted by Gasteiger charge is 2.14. The van der Waals surface area contributed by atoms with Crippen molar-refractivity contribution in [3.05, 3.63) is 51.7 Å². The van der Waals surface area contributed by atoms with E-state index in [1.807, 2.05) is 0 Å². The molecule has 0 aromatic heterocycles. The Labute approximate surface area is 104 Å². The van der Waals surface area contributed by atoms with Crippen molar-refractivity contribution in [1.29, 1.82) is 5.26 Å². The fraction of sp³-hybridized carbons (Fsp3) is 0.167. The summed E-state index contributed by atoms with van der Waals surface area (Å²) in [6, 6.07) is 6.94. The maximum Gasteiger partial charge on any atom is 0.269 e. The minimum Gasteiger partial charge on any atom is -0.382 e. The molecule has 0 aliphatic carbocycles. The summed E-state index contributed by atoms with van der Waals surface area (Å²) in [5.74, 6) is -0.457. The maximum absolute atomic E-state index is 11.9. The standard InChI is InChI=1S/C12H11N3O3/c1-14(2)8-10(7-13)12(16)9-3-5-11(6-4-9)15(17)18/h3-6,8H,1-2H3/b10-8-. The molecule has 1 rings (SSSR count). The molecule has 0 N–H and O–H groups in total. The molecule has 0 atom stereocenters. The van der Waals surface area contributed by atoms with Gasteiger partial charge in [-0.05, 0) is 12.1 Å². The number of allylic oxidation sites excluding steroid dienone is 1. The van der Waals surface area contributed by atoms with E-state index < -0.39 is 10.7 Å². The third-order valence-corrected chi connectivity index (χ3v) is 2.09. The number of nitro benzene ring substituents is 1. The zero-order chi connectivity index (χ0) is 13.7. The fourth-order valence-corrected chi connectivity index (χ4v) is 1.29. The average molecular weight is 245 g/mol. The van der Waals surface area contributed by atoms with Gasteiger partial charge in [-0.1, -0.05) is 0 Å². The number of nitro groups is 1. The van der Waals surface area contributed by atoms with Crippen molar-refractivity contribution in [2.24, 2.45) is 0 Å². The Kier molecular flexibility index (Phi) is 4.16. The molecule has 0 bridgehead atoms. The predicted molar refractivity (Wildman–Crippen MR) is 64.8 cm³/mol. The largest absolute Gasteiger partial charge is 0.382 e. The van der Waals surface area contributed by atoms with E-state index in [1.54, 1.807) is 25.1 Å². The number of hydrogen-bond acceptors (Lipinski definition) is 5. The second-order valence-corrected chi connectivity index (χ2v) is 3.75. The lowest BCUT2D eigenvalue weighted by Crippen LogP contribution is -2.08. The minimum atomic E-state index is -0.547. The Hall–Kier alpha value is -2.68. The van der Waals surface area contributed by atoms with Crippen molar-refractivity contribution < 1.29 is 9.72 Å².